The smallest absolute Gasteiger partial charge is 0.453 e. The summed E-state index contributed by atoms with van der Waals surface area (Å²) >= 11 is 2.99. The largest absolute Gasteiger partial charge is 0.508 e. The second-order valence-corrected chi connectivity index (χ2v) is 11.5. The molecule has 0 saturated carbocycles. The third kappa shape index (κ3) is 9.61. The van der Waals surface area contributed by atoms with E-state index in [1.807, 2.05) is 24.3 Å². The van der Waals surface area contributed by atoms with Crippen LogP contribution in [0, 0.1) is 4.91 Å². The number of fused-ring (bicyclic) bond motifs is 1. The Morgan fingerprint density at radius 2 is 1.67 bits per heavy atom. The van der Waals surface area contributed by atoms with Crippen molar-refractivity contribution in [2.75, 3.05) is 43.7 Å². The molecular weight excluding hydrogens is 561 g/mol. The van der Waals surface area contributed by atoms with E-state index in [9.17, 15) is 32.0 Å². The van der Waals surface area contributed by atoms with Crippen LogP contribution < -0.4 is 0 Å². The molecule has 12 heteroatoms. The molecule has 3 rings (SSSR count). The van der Waals surface area contributed by atoms with Crippen LogP contribution in [0.1, 0.15) is 48.6 Å². The van der Waals surface area contributed by atoms with Crippen LogP contribution in [0.3, 0.4) is 0 Å². The van der Waals surface area contributed by atoms with E-state index in [1.54, 1.807) is 30.0 Å². The molecule has 5 nitrogen and oxygen atoms in total. The van der Waals surface area contributed by atoms with E-state index in [4.69, 9.17) is 9.47 Å². The number of hydrogen-bond donors (Lipinski definition) is 1. The van der Waals surface area contributed by atoms with Crippen LogP contribution in [0.5, 0.6) is 5.75 Å². The summed E-state index contributed by atoms with van der Waals surface area (Å²) in [5.41, 5.74) is 2.74. The second kappa shape index (κ2) is 15.2. The minimum atomic E-state index is -5.49. The highest BCUT2D eigenvalue weighted by Gasteiger charge is 2.56. The van der Waals surface area contributed by atoms with Crippen LogP contribution in [0.4, 0.5) is 27.6 Å². The predicted octanol–water partition coefficient (Wildman–Crippen LogP) is 8.29. The van der Waals surface area contributed by atoms with Crippen molar-refractivity contribution in [3.63, 3.8) is 0 Å². The quantitative estimate of drug-likeness (QED) is 0.120. The number of nitroso groups, excluding NO2 is 1. The number of halogens is 5. The Kier molecular flexibility index (Phi) is 12.3. The van der Waals surface area contributed by atoms with Gasteiger partial charge in [0.05, 0.1) is 19.8 Å². The zero-order chi connectivity index (χ0) is 28.3. The van der Waals surface area contributed by atoms with Gasteiger partial charge in [0.15, 0.2) is 0 Å². The number of alkyl halides is 5. The topological polar surface area (TPSA) is 68.1 Å². The summed E-state index contributed by atoms with van der Waals surface area (Å²) in [5, 5.41) is 12.7. The summed E-state index contributed by atoms with van der Waals surface area (Å²) in [6.45, 7) is 1.68. The van der Waals surface area contributed by atoms with Gasteiger partial charge >= 0.3 is 12.1 Å². The Morgan fingerprint density at radius 3 is 2.36 bits per heavy atom. The number of rotatable bonds is 16. The average molecular weight is 594 g/mol. The summed E-state index contributed by atoms with van der Waals surface area (Å²) < 4.78 is 73.2. The Balaban J connectivity index is 1.34. The van der Waals surface area contributed by atoms with Crippen LogP contribution in [-0.2, 0) is 9.47 Å². The average Bonchev–Trinajstić information content (AvgIpc) is 2.90. The number of nitrogens with zero attached hydrogens (tertiary/aromatic N) is 1. The second-order valence-electron chi connectivity index (χ2n) is 9.21. The van der Waals surface area contributed by atoms with Crippen molar-refractivity contribution < 1.29 is 36.5 Å². The van der Waals surface area contributed by atoms with Gasteiger partial charge in [-0.1, -0.05) is 18.2 Å². The molecule has 1 N–H and O–H groups in total. The highest BCUT2D eigenvalue weighted by Crippen LogP contribution is 2.49. The number of ether oxygens (including phenoxy) is 2. The van der Waals surface area contributed by atoms with Crippen molar-refractivity contribution in [2.45, 2.75) is 54.5 Å². The number of phenolic OH excluding ortho intramolecular Hbond substituents is 1. The Hall–Kier alpha value is -1.89. The van der Waals surface area contributed by atoms with Gasteiger partial charge in [-0.2, -0.15) is 33.7 Å². The summed E-state index contributed by atoms with van der Waals surface area (Å²) in [4.78, 5) is 12.0. The SMILES string of the molecule is O=Nc1ccc2c(c1)SCC(c1ccc(O)cc1)C2CCCOCCOCCSCCCC(F)(F)C(F)(F)F. The van der Waals surface area contributed by atoms with Gasteiger partial charge in [-0.25, -0.2) is 0 Å². The zero-order valence-electron chi connectivity index (χ0n) is 21.3. The van der Waals surface area contributed by atoms with Gasteiger partial charge < -0.3 is 14.6 Å². The third-order valence-corrected chi connectivity index (χ3v) is 8.69. The number of aromatic hydroxyl groups is 1. The molecule has 216 valence electrons. The lowest BCUT2D eigenvalue weighted by Crippen LogP contribution is -2.36. The summed E-state index contributed by atoms with van der Waals surface area (Å²) in [6, 6.07) is 12.8. The molecule has 0 bridgehead atoms. The molecule has 1 heterocycles. The Morgan fingerprint density at radius 1 is 0.949 bits per heavy atom. The summed E-state index contributed by atoms with van der Waals surface area (Å²) in [7, 11) is 0. The first-order valence-corrected chi connectivity index (χ1v) is 14.8. The summed E-state index contributed by atoms with van der Waals surface area (Å²) in [5.74, 6) is -2.37. The molecule has 0 spiro atoms. The molecule has 1 aliphatic heterocycles. The van der Waals surface area contributed by atoms with E-state index in [-0.39, 0.29) is 29.8 Å². The molecule has 0 aromatic heterocycles. The highest BCUT2D eigenvalue weighted by atomic mass is 32.2. The molecule has 2 unspecified atom stereocenters. The number of hydrogen-bond acceptors (Lipinski definition) is 7. The van der Waals surface area contributed by atoms with Gasteiger partial charge in [-0.05, 0) is 71.5 Å². The third-order valence-electron chi connectivity index (χ3n) is 6.47. The Bertz CT molecular complexity index is 1040. The van der Waals surface area contributed by atoms with Crippen LogP contribution >= 0.6 is 23.5 Å². The van der Waals surface area contributed by atoms with Crippen molar-refractivity contribution >= 4 is 29.2 Å². The molecule has 0 aliphatic carbocycles. The lowest BCUT2D eigenvalue weighted by atomic mass is 9.79. The maximum absolute atomic E-state index is 12.8. The molecule has 0 amide bonds. The first kappa shape index (κ1) is 31.6. The molecular formula is C27H32F5NO4S2. The fourth-order valence-electron chi connectivity index (χ4n) is 4.42. The van der Waals surface area contributed by atoms with E-state index in [0.29, 0.717) is 37.9 Å². The van der Waals surface area contributed by atoms with Gasteiger partial charge in [-0.15, -0.1) is 16.7 Å². The first-order chi connectivity index (χ1) is 18.6. The van der Waals surface area contributed by atoms with E-state index in [2.05, 4.69) is 5.18 Å². The van der Waals surface area contributed by atoms with Gasteiger partial charge in [-0.3, -0.25) is 0 Å². The van der Waals surface area contributed by atoms with Crippen molar-refractivity contribution in [2.24, 2.45) is 5.18 Å². The van der Waals surface area contributed by atoms with Crippen molar-refractivity contribution in [3.8, 4) is 5.75 Å². The molecule has 1 aliphatic rings. The fraction of sp³-hybridized carbons (Fsp3) is 0.556. The first-order valence-electron chi connectivity index (χ1n) is 12.7. The van der Waals surface area contributed by atoms with Crippen molar-refractivity contribution in [1.29, 1.82) is 0 Å². The predicted molar refractivity (Wildman–Crippen MR) is 145 cm³/mol. The maximum atomic E-state index is 12.8. The molecule has 0 fully saturated rings. The van der Waals surface area contributed by atoms with Crippen LogP contribution in [-0.4, -0.2) is 60.9 Å². The van der Waals surface area contributed by atoms with Crippen LogP contribution in [0.25, 0.3) is 0 Å². The monoisotopic (exact) mass is 593 g/mol. The molecule has 0 radical (unpaired) electrons. The van der Waals surface area contributed by atoms with Gasteiger partial charge in [0.25, 0.3) is 0 Å². The maximum Gasteiger partial charge on any atom is 0.453 e. The molecule has 2 aromatic carbocycles. The number of phenols is 1. The molecule has 39 heavy (non-hydrogen) atoms. The van der Waals surface area contributed by atoms with E-state index >= 15 is 0 Å². The van der Waals surface area contributed by atoms with E-state index in [1.165, 1.54) is 17.3 Å². The lowest BCUT2D eigenvalue weighted by molar-refractivity contribution is -0.284. The lowest BCUT2D eigenvalue weighted by Gasteiger charge is -2.34. The minimum Gasteiger partial charge on any atom is -0.508 e. The molecule has 0 saturated heterocycles. The fourth-order valence-corrected chi connectivity index (χ4v) is 6.58. The zero-order valence-corrected chi connectivity index (χ0v) is 22.9. The van der Waals surface area contributed by atoms with Crippen LogP contribution in [0.2, 0.25) is 0 Å². The normalized spacial score (nSPS) is 17.7. The van der Waals surface area contributed by atoms with Gasteiger partial charge in [0, 0.05) is 35.3 Å². The Labute approximate surface area is 233 Å². The summed E-state index contributed by atoms with van der Waals surface area (Å²) in [6.07, 6.45) is -5.22. The standard InChI is InChI=1S/C27H32F5NO4S2/c28-26(29,27(30,31)32)10-2-15-38-16-14-37-13-12-36-11-1-3-22-23-9-6-20(33-35)17-25(23)39-18-24(22)19-4-7-21(34)8-5-19/h4-9,17,22,24,34H,1-3,10-16,18H2. The molecule has 2 atom stereocenters. The van der Waals surface area contributed by atoms with E-state index in [0.717, 1.165) is 29.1 Å². The molecule has 2 aromatic rings. The van der Waals surface area contributed by atoms with Gasteiger partial charge in [0.2, 0.25) is 0 Å². The van der Waals surface area contributed by atoms with E-state index < -0.39 is 18.5 Å². The number of thioether (sulfide) groups is 2. The van der Waals surface area contributed by atoms with Crippen molar-refractivity contribution in [1.82, 2.24) is 0 Å². The van der Waals surface area contributed by atoms with Gasteiger partial charge in [0.1, 0.15) is 11.4 Å². The number of benzene rings is 2. The van der Waals surface area contributed by atoms with Crippen molar-refractivity contribution in [3.05, 3.63) is 58.5 Å². The minimum absolute atomic E-state index is 0.215. The van der Waals surface area contributed by atoms with Crippen LogP contribution in [0.15, 0.2) is 52.5 Å². The highest BCUT2D eigenvalue weighted by molar-refractivity contribution is 7.99.